The molecule has 1 aromatic carbocycles. The third-order valence-electron chi connectivity index (χ3n) is 3.33. The molecule has 0 amide bonds. The van der Waals surface area contributed by atoms with Gasteiger partial charge in [0.05, 0.1) is 0 Å². The summed E-state index contributed by atoms with van der Waals surface area (Å²) in [4.78, 5) is 0. The molecule has 1 rings (SSSR count). The Morgan fingerprint density at radius 3 is 1.84 bits per heavy atom. The standard InChI is InChI=1S/C18H28O/c1-12(2)9-13-10-15(18(6,7)8)16(19)11-14(13)17(3,4)5/h10-11,19H,1,9H2,2-8H3. The van der Waals surface area contributed by atoms with Crippen LogP contribution in [-0.4, -0.2) is 5.11 Å². The van der Waals surface area contributed by atoms with Gasteiger partial charge in [0.2, 0.25) is 0 Å². The summed E-state index contributed by atoms with van der Waals surface area (Å²) in [5.41, 5.74) is 4.62. The Morgan fingerprint density at radius 1 is 1.00 bits per heavy atom. The minimum absolute atomic E-state index is 0.0265. The topological polar surface area (TPSA) is 20.2 Å². The van der Waals surface area contributed by atoms with Crippen LogP contribution in [0.2, 0.25) is 0 Å². The third kappa shape index (κ3) is 3.86. The van der Waals surface area contributed by atoms with Crippen LogP contribution in [0.3, 0.4) is 0 Å². The minimum atomic E-state index is -0.0513. The quantitative estimate of drug-likeness (QED) is 0.733. The van der Waals surface area contributed by atoms with E-state index in [0.717, 1.165) is 17.6 Å². The Bertz CT molecular complexity index is 482. The molecule has 0 aliphatic rings. The molecule has 0 atom stereocenters. The molecule has 0 aromatic heterocycles. The average Bonchev–Trinajstić information content (AvgIpc) is 2.16. The molecule has 0 heterocycles. The van der Waals surface area contributed by atoms with Gasteiger partial charge < -0.3 is 5.11 Å². The highest BCUT2D eigenvalue weighted by atomic mass is 16.3. The Hall–Kier alpha value is -1.24. The van der Waals surface area contributed by atoms with Crippen LogP contribution in [0.1, 0.15) is 65.2 Å². The molecule has 1 N–H and O–H groups in total. The van der Waals surface area contributed by atoms with Crippen LogP contribution in [0.4, 0.5) is 0 Å². The van der Waals surface area contributed by atoms with Gasteiger partial charge in [0.1, 0.15) is 5.75 Å². The summed E-state index contributed by atoms with van der Waals surface area (Å²) < 4.78 is 0. The molecule has 0 radical (unpaired) electrons. The first kappa shape index (κ1) is 15.8. The van der Waals surface area contributed by atoms with E-state index in [0.29, 0.717) is 5.75 Å². The smallest absolute Gasteiger partial charge is 0.119 e. The number of hydrogen-bond acceptors (Lipinski definition) is 1. The van der Waals surface area contributed by atoms with Gasteiger partial charge in [0.25, 0.3) is 0 Å². The first-order valence-corrected chi connectivity index (χ1v) is 6.94. The molecule has 0 aliphatic carbocycles. The summed E-state index contributed by atoms with van der Waals surface area (Å²) in [6.07, 6.45) is 0.871. The molecule has 0 unspecified atom stereocenters. The van der Waals surface area contributed by atoms with E-state index in [4.69, 9.17) is 0 Å². The number of rotatable bonds is 2. The van der Waals surface area contributed by atoms with Crippen molar-refractivity contribution in [2.45, 2.75) is 65.7 Å². The normalized spacial score (nSPS) is 12.6. The monoisotopic (exact) mass is 260 g/mol. The van der Waals surface area contributed by atoms with Gasteiger partial charge in [-0.25, -0.2) is 0 Å². The maximum atomic E-state index is 10.3. The molecule has 106 valence electrons. The van der Waals surface area contributed by atoms with Gasteiger partial charge in [-0.2, -0.15) is 0 Å². The van der Waals surface area contributed by atoms with Crippen molar-refractivity contribution in [1.82, 2.24) is 0 Å². The summed E-state index contributed by atoms with van der Waals surface area (Å²) in [5, 5.41) is 10.3. The third-order valence-corrected chi connectivity index (χ3v) is 3.33. The molecular formula is C18H28O. The molecule has 0 bridgehead atoms. The summed E-state index contributed by atoms with van der Waals surface area (Å²) in [5.74, 6) is 0.405. The molecule has 1 nitrogen and oxygen atoms in total. The Morgan fingerprint density at radius 2 is 1.47 bits per heavy atom. The van der Waals surface area contributed by atoms with Crippen molar-refractivity contribution < 1.29 is 5.11 Å². The Labute approximate surface area is 118 Å². The predicted octanol–water partition coefficient (Wildman–Crippen LogP) is 5.11. The Kier molecular flexibility index (Phi) is 4.19. The summed E-state index contributed by atoms with van der Waals surface area (Å²) in [6.45, 7) is 19.0. The maximum Gasteiger partial charge on any atom is 0.119 e. The molecule has 1 aromatic rings. The van der Waals surface area contributed by atoms with Crippen LogP contribution in [0, 0.1) is 0 Å². The maximum absolute atomic E-state index is 10.3. The van der Waals surface area contributed by atoms with E-state index in [2.05, 4.69) is 61.1 Å². The average molecular weight is 260 g/mol. The van der Waals surface area contributed by atoms with Crippen molar-refractivity contribution in [3.63, 3.8) is 0 Å². The summed E-state index contributed by atoms with van der Waals surface area (Å²) in [7, 11) is 0. The van der Waals surface area contributed by atoms with E-state index in [1.807, 2.05) is 6.07 Å². The molecule has 0 saturated carbocycles. The zero-order chi connectivity index (χ0) is 15.0. The summed E-state index contributed by atoms with van der Waals surface area (Å²) in [6, 6.07) is 4.10. The van der Waals surface area contributed by atoms with Crippen molar-refractivity contribution in [2.24, 2.45) is 0 Å². The van der Waals surface area contributed by atoms with Gasteiger partial charge in [0, 0.05) is 0 Å². The molecule has 1 heteroatoms. The van der Waals surface area contributed by atoms with E-state index in [9.17, 15) is 5.11 Å². The lowest BCUT2D eigenvalue weighted by Gasteiger charge is -2.28. The lowest BCUT2D eigenvalue weighted by molar-refractivity contribution is 0.442. The van der Waals surface area contributed by atoms with Gasteiger partial charge in [-0.15, -0.1) is 0 Å². The lowest BCUT2D eigenvalue weighted by atomic mass is 9.77. The van der Waals surface area contributed by atoms with Gasteiger partial charge >= 0.3 is 0 Å². The number of aromatic hydroxyl groups is 1. The molecule has 0 spiro atoms. The number of hydrogen-bond donors (Lipinski definition) is 1. The van der Waals surface area contributed by atoms with Crippen LogP contribution in [0.5, 0.6) is 5.75 Å². The molecule has 0 aliphatic heterocycles. The minimum Gasteiger partial charge on any atom is -0.508 e. The highest BCUT2D eigenvalue weighted by molar-refractivity contribution is 5.48. The van der Waals surface area contributed by atoms with Crippen LogP contribution in [-0.2, 0) is 17.3 Å². The van der Waals surface area contributed by atoms with Crippen molar-refractivity contribution in [3.05, 3.63) is 41.0 Å². The predicted molar refractivity (Wildman–Crippen MR) is 84.0 cm³/mol. The van der Waals surface area contributed by atoms with Crippen LogP contribution >= 0.6 is 0 Å². The highest BCUT2D eigenvalue weighted by Crippen LogP contribution is 2.37. The van der Waals surface area contributed by atoms with E-state index >= 15 is 0 Å². The fourth-order valence-corrected chi connectivity index (χ4v) is 2.40. The second kappa shape index (κ2) is 5.03. The Balaban J connectivity index is 3.50. The second-order valence-electron chi connectivity index (χ2n) is 7.66. The van der Waals surface area contributed by atoms with Crippen molar-refractivity contribution >= 4 is 0 Å². The van der Waals surface area contributed by atoms with Crippen LogP contribution in [0.15, 0.2) is 24.3 Å². The zero-order valence-electron chi connectivity index (χ0n) is 13.5. The number of phenols is 1. The van der Waals surface area contributed by atoms with Crippen LogP contribution < -0.4 is 0 Å². The van der Waals surface area contributed by atoms with E-state index in [1.165, 1.54) is 11.1 Å². The van der Waals surface area contributed by atoms with Crippen molar-refractivity contribution in [3.8, 4) is 5.75 Å². The van der Waals surface area contributed by atoms with Gasteiger partial charge in [0.15, 0.2) is 0 Å². The van der Waals surface area contributed by atoms with Crippen LogP contribution in [0.25, 0.3) is 0 Å². The van der Waals surface area contributed by atoms with E-state index in [-0.39, 0.29) is 10.8 Å². The SMILES string of the molecule is C=C(C)Cc1cc(C(C)(C)C)c(O)cc1C(C)(C)C. The van der Waals surface area contributed by atoms with Gasteiger partial charge in [-0.3, -0.25) is 0 Å². The number of benzene rings is 1. The molecular weight excluding hydrogens is 232 g/mol. The van der Waals surface area contributed by atoms with Crippen molar-refractivity contribution in [1.29, 1.82) is 0 Å². The molecule has 19 heavy (non-hydrogen) atoms. The summed E-state index contributed by atoms with van der Waals surface area (Å²) >= 11 is 0. The van der Waals surface area contributed by atoms with E-state index < -0.39 is 0 Å². The zero-order valence-corrected chi connectivity index (χ0v) is 13.5. The fourth-order valence-electron chi connectivity index (χ4n) is 2.40. The first-order valence-electron chi connectivity index (χ1n) is 6.94. The van der Waals surface area contributed by atoms with Gasteiger partial charge in [-0.1, -0.05) is 59.8 Å². The van der Waals surface area contributed by atoms with E-state index in [1.54, 1.807) is 0 Å². The fraction of sp³-hybridized carbons (Fsp3) is 0.556. The van der Waals surface area contributed by atoms with Gasteiger partial charge in [-0.05, 0) is 46.9 Å². The highest BCUT2D eigenvalue weighted by Gasteiger charge is 2.24. The second-order valence-corrected chi connectivity index (χ2v) is 7.66. The number of allylic oxidation sites excluding steroid dienone is 1. The lowest BCUT2D eigenvalue weighted by Crippen LogP contribution is -2.18. The number of phenolic OH excluding ortho intramolecular Hbond substituents is 1. The van der Waals surface area contributed by atoms with Crippen molar-refractivity contribution in [2.75, 3.05) is 0 Å². The largest absolute Gasteiger partial charge is 0.508 e. The molecule has 0 saturated heterocycles. The first-order chi connectivity index (χ1) is 8.43. The molecule has 0 fully saturated rings.